The Labute approximate surface area is 147 Å². The third-order valence-electron chi connectivity index (χ3n) is 4.19. The second-order valence-corrected chi connectivity index (χ2v) is 6.73. The number of hydrogen-bond acceptors (Lipinski definition) is 4. The Hall–Kier alpha value is -2.05. The van der Waals surface area contributed by atoms with Crippen molar-refractivity contribution in [3.05, 3.63) is 59.4 Å². The largest absolute Gasteiger partial charge is 0.489 e. The van der Waals surface area contributed by atoms with Gasteiger partial charge in [-0.3, -0.25) is 9.88 Å². The summed E-state index contributed by atoms with van der Waals surface area (Å²) in [4.78, 5) is 8.60. The van der Waals surface area contributed by atoms with E-state index in [1.54, 1.807) is 12.3 Å². The fraction of sp³-hybridized carbons (Fsp3) is 0.421. The van der Waals surface area contributed by atoms with Gasteiger partial charge in [0, 0.05) is 38.4 Å². The fourth-order valence-corrected chi connectivity index (χ4v) is 3.07. The molecule has 0 radical (unpaired) electrons. The highest BCUT2D eigenvalue weighted by Crippen LogP contribution is 2.21. The van der Waals surface area contributed by atoms with E-state index in [1.807, 2.05) is 26.2 Å². The van der Waals surface area contributed by atoms with Crippen molar-refractivity contribution in [1.29, 1.82) is 0 Å². The molecule has 0 aliphatic carbocycles. The summed E-state index contributed by atoms with van der Waals surface area (Å²) in [5, 5.41) is 0. The Morgan fingerprint density at radius 2 is 2.04 bits per heavy atom. The third-order valence-corrected chi connectivity index (χ3v) is 4.19. The minimum absolute atomic E-state index is 0.0971. The van der Waals surface area contributed by atoms with Gasteiger partial charge in [-0.15, -0.1) is 0 Å². The average molecular weight is 347 g/mol. The van der Waals surface area contributed by atoms with Crippen LogP contribution in [-0.2, 0) is 13.1 Å². The van der Waals surface area contributed by atoms with Gasteiger partial charge in [0.15, 0.2) is 11.6 Å². The summed E-state index contributed by atoms with van der Waals surface area (Å²) in [6.07, 6.45) is 2.77. The topological polar surface area (TPSA) is 28.6 Å². The van der Waals surface area contributed by atoms with Gasteiger partial charge in [0.2, 0.25) is 0 Å². The zero-order valence-electron chi connectivity index (χ0n) is 14.6. The van der Waals surface area contributed by atoms with Crippen LogP contribution < -0.4 is 4.74 Å². The minimum Gasteiger partial charge on any atom is -0.489 e. The predicted molar refractivity (Wildman–Crippen MR) is 92.3 cm³/mol. The molecule has 1 unspecified atom stereocenters. The van der Waals surface area contributed by atoms with E-state index in [0.717, 1.165) is 43.1 Å². The molecule has 3 rings (SSSR count). The molecule has 1 atom stereocenters. The molecule has 4 nitrogen and oxygen atoms in total. The van der Waals surface area contributed by atoms with Crippen molar-refractivity contribution in [3.8, 4) is 5.75 Å². The van der Waals surface area contributed by atoms with Gasteiger partial charge in [-0.2, -0.15) is 0 Å². The lowest BCUT2D eigenvalue weighted by Gasteiger charge is -2.17. The van der Waals surface area contributed by atoms with Crippen LogP contribution in [0.4, 0.5) is 8.78 Å². The van der Waals surface area contributed by atoms with Gasteiger partial charge >= 0.3 is 0 Å². The number of nitrogens with zero attached hydrogens (tertiary/aromatic N) is 3. The highest BCUT2D eigenvalue weighted by atomic mass is 19.2. The standard InChI is InChI=1S/C19H23F2N3O/c1-23(2)12-15-10-16(5-7-22-15)25-17-6-8-24(13-17)11-14-3-4-18(20)19(21)9-14/h3-5,7,9-10,17H,6,8,11-13H2,1-2H3. The predicted octanol–water partition coefficient (Wildman–Crippen LogP) is 3.07. The lowest BCUT2D eigenvalue weighted by molar-refractivity contribution is 0.198. The van der Waals surface area contributed by atoms with E-state index < -0.39 is 11.6 Å². The molecule has 1 aromatic heterocycles. The number of rotatable bonds is 6. The van der Waals surface area contributed by atoms with E-state index in [4.69, 9.17) is 4.74 Å². The van der Waals surface area contributed by atoms with E-state index in [0.29, 0.717) is 6.54 Å². The van der Waals surface area contributed by atoms with Crippen molar-refractivity contribution in [2.24, 2.45) is 0 Å². The van der Waals surface area contributed by atoms with Crippen LogP contribution in [0.3, 0.4) is 0 Å². The molecule has 2 aromatic rings. The first kappa shape index (κ1) is 17.8. The van der Waals surface area contributed by atoms with Gasteiger partial charge in [-0.05, 0) is 44.3 Å². The molecular formula is C19H23F2N3O. The average Bonchev–Trinajstić information content (AvgIpc) is 2.97. The van der Waals surface area contributed by atoms with Crippen LogP contribution >= 0.6 is 0 Å². The van der Waals surface area contributed by atoms with Gasteiger partial charge in [-0.25, -0.2) is 8.78 Å². The molecule has 0 spiro atoms. The summed E-state index contributed by atoms with van der Waals surface area (Å²) in [6, 6.07) is 7.91. The molecule has 25 heavy (non-hydrogen) atoms. The van der Waals surface area contributed by atoms with Crippen LogP contribution in [0, 0.1) is 11.6 Å². The number of halogens is 2. The normalized spacial score (nSPS) is 18.0. The Morgan fingerprint density at radius 3 is 2.80 bits per heavy atom. The van der Waals surface area contributed by atoms with Crippen molar-refractivity contribution in [3.63, 3.8) is 0 Å². The van der Waals surface area contributed by atoms with Gasteiger partial charge in [-0.1, -0.05) is 6.07 Å². The number of benzene rings is 1. The Morgan fingerprint density at radius 1 is 1.20 bits per heavy atom. The monoisotopic (exact) mass is 347 g/mol. The molecule has 0 bridgehead atoms. The van der Waals surface area contributed by atoms with Crippen LogP contribution in [0.1, 0.15) is 17.7 Å². The highest BCUT2D eigenvalue weighted by molar-refractivity contribution is 5.23. The van der Waals surface area contributed by atoms with E-state index in [1.165, 1.54) is 12.1 Å². The molecule has 2 heterocycles. The van der Waals surface area contributed by atoms with Crippen LogP contribution in [-0.4, -0.2) is 48.1 Å². The summed E-state index contributed by atoms with van der Waals surface area (Å²) in [5.41, 5.74) is 1.75. The summed E-state index contributed by atoms with van der Waals surface area (Å²) >= 11 is 0. The number of likely N-dealkylation sites (tertiary alicyclic amines) is 1. The maximum atomic E-state index is 13.3. The SMILES string of the molecule is CN(C)Cc1cc(OC2CCN(Cc3ccc(F)c(F)c3)C2)ccn1. The molecule has 6 heteroatoms. The van der Waals surface area contributed by atoms with Crippen molar-refractivity contribution < 1.29 is 13.5 Å². The van der Waals surface area contributed by atoms with Crippen LogP contribution in [0.2, 0.25) is 0 Å². The van der Waals surface area contributed by atoms with Crippen molar-refractivity contribution >= 4 is 0 Å². The molecule has 1 aliphatic rings. The molecule has 0 N–H and O–H groups in total. The molecule has 1 saturated heterocycles. The van der Waals surface area contributed by atoms with E-state index in [-0.39, 0.29) is 6.10 Å². The molecule has 0 amide bonds. The van der Waals surface area contributed by atoms with Gasteiger partial charge in [0.05, 0.1) is 5.69 Å². The Balaban J connectivity index is 1.55. The maximum Gasteiger partial charge on any atom is 0.159 e. The third kappa shape index (κ3) is 4.96. The second-order valence-electron chi connectivity index (χ2n) is 6.73. The van der Waals surface area contributed by atoms with Gasteiger partial charge in [0.25, 0.3) is 0 Å². The first-order chi connectivity index (χ1) is 12.0. The molecule has 1 aromatic carbocycles. The van der Waals surface area contributed by atoms with Crippen LogP contribution in [0.25, 0.3) is 0 Å². The maximum absolute atomic E-state index is 13.3. The first-order valence-corrected chi connectivity index (χ1v) is 8.42. The molecular weight excluding hydrogens is 324 g/mol. The van der Waals surface area contributed by atoms with Gasteiger partial charge in [0.1, 0.15) is 11.9 Å². The zero-order valence-corrected chi connectivity index (χ0v) is 14.6. The molecule has 0 saturated carbocycles. The minimum atomic E-state index is -0.808. The fourth-order valence-electron chi connectivity index (χ4n) is 3.07. The number of ether oxygens (including phenoxy) is 1. The Bertz CT molecular complexity index is 724. The number of hydrogen-bond donors (Lipinski definition) is 0. The van der Waals surface area contributed by atoms with Crippen LogP contribution in [0.15, 0.2) is 36.5 Å². The quantitative estimate of drug-likeness (QED) is 0.803. The van der Waals surface area contributed by atoms with Gasteiger partial charge < -0.3 is 9.64 Å². The van der Waals surface area contributed by atoms with Crippen molar-refractivity contribution in [1.82, 2.24) is 14.8 Å². The second kappa shape index (κ2) is 7.89. The van der Waals surface area contributed by atoms with E-state index in [9.17, 15) is 8.78 Å². The lowest BCUT2D eigenvalue weighted by atomic mass is 10.2. The smallest absolute Gasteiger partial charge is 0.159 e. The highest BCUT2D eigenvalue weighted by Gasteiger charge is 2.24. The molecule has 134 valence electrons. The summed E-state index contributed by atoms with van der Waals surface area (Å²) in [6.45, 7) is 3.01. The summed E-state index contributed by atoms with van der Waals surface area (Å²) in [5.74, 6) is -0.779. The van der Waals surface area contributed by atoms with Crippen molar-refractivity contribution in [2.45, 2.75) is 25.6 Å². The van der Waals surface area contributed by atoms with Crippen LogP contribution in [0.5, 0.6) is 5.75 Å². The summed E-state index contributed by atoms with van der Waals surface area (Å²) in [7, 11) is 4.00. The first-order valence-electron chi connectivity index (χ1n) is 8.42. The molecule has 1 fully saturated rings. The summed E-state index contributed by atoms with van der Waals surface area (Å²) < 4.78 is 32.4. The van der Waals surface area contributed by atoms with Crippen molar-refractivity contribution in [2.75, 3.05) is 27.2 Å². The number of pyridine rings is 1. The zero-order chi connectivity index (χ0) is 17.8. The van der Waals surface area contributed by atoms with E-state index >= 15 is 0 Å². The Kier molecular flexibility index (Phi) is 5.60. The lowest BCUT2D eigenvalue weighted by Crippen LogP contribution is -2.24. The number of aromatic nitrogens is 1. The molecule has 1 aliphatic heterocycles. The van der Waals surface area contributed by atoms with E-state index in [2.05, 4.69) is 14.8 Å².